The number of fused-ring (bicyclic) bond motifs is 1. The zero-order valence-corrected chi connectivity index (χ0v) is 15.6. The average Bonchev–Trinajstić information content (AvgIpc) is 2.87. The van der Waals surface area contributed by atoms with Crippen LogP contribution in [0.5, 0.6) is 5.75 Å². The van der Waals surface area contributed by atoms with Crippen molar-refractivity contribution in [3.05, 3.63) is 45.9 Å². The minimum absolute atomic E-state index is 0.0512. The number of benzene rings is 2. The molecule has 0 aliphatic heterocycles. The number of aryl methyl sites for hydroxylation is 2. The summed E-state index contributed by atoms with van der Waals surface area (Å²) in [6.07, 6.45) is 0. The minimum Gasteiger partial charge on any atom is -0.483 e. The van der Waals surface area contributed by atoms with Gasteiger partial charge in [0.05, 0.1) is 10.2 Å². The number of hydrogen-bond acceptors (Lipinski definition) is 5. The molecule has 1 heterocycles. The predicted octanol–water partition coefficient (Wildman–Crippen LogP) is 4.28. The fourth-order valence-corrected chi connectivity index (χ4v) is 3.86. The normalized spacial score (nSPS) is 10.8. The third-order valence-corrected chi connectivity index (χ3v) is 4.87. The van der Waals surface area contributed by atoms with Crippen molar-refractivity contribution in [3.63, 3.8) is 0 Å². The Morgan fingerprint density at radius 1 is 1.33 bits per heavy atom. The van der Waals surface area contributed by atoms with Crippen LogP contribution >= 0.6 is 27.3 Å². The molecular formula is C17H16BrN3O2S. The lowest BCUT2D eigenvalue weighted by Crippen LogP contribution is -2.20. The second-order valence-electron chi connectivity index (χ2n) is 5.46. The summed E-state index contributed by atoms with van der Waals surface area (Å²) in [6.45, 7) is 3.92. The van der Waals surface area contributed by atoms with E-state index in [0.717, 1.165) is 25.8 Å². The van der Waals surface area contributed by atoms with Gasteiger partial charge in [-0.05, 0) is 53.5 Å². The van der Waals surface area contributed by atoms with Gasteiger partial charge in [0.25, 0.3) is 5.91 Å². The molecule has 0 atom stereocenters. The lowest BCUT2D eigenvalue weighted by molar-refractivity contribution is -0.118. The zero-order valence-electron chi connectivity index (χ0n) is 13.2. The number of nitrogens with two attached hydrogens (primary N) is 1. The number of aromatic nitrogens is 1. The maximum atomic E-state index is 12.1. The maximum absolute atomic E-state index is 12.1. The first kappa shape index (κ1) is 16.7. The van der Waals surface area contributed by atoms with Crippen LogP contribution < -0.4 is 15.8 Å². The fraction of sp³-hybridized carbons (Fsp3) is 0.176. The van der Waals surface area contributed by atoms with Crippen LogP contribution in [0.3, 0.4) is 0 Å². The van der Waals surface area contributed by atoms with Crippen LogP contribution in [0.15, 0.2) is 34.8 Å². The standard InChI is InChI=1S/C17H16BrN3O2S/c1-9-3-4-13(10(2)5-9)23-8-15(22)20-11-6-12(18)16-14(7-11)24-17(19)21-16/h3-7H,8H2,1-2H3,(H2,19,21)(H,20,22). The summed E-state index contributed by atoms with van der Waals surface area (Å²) in [4.78, 5) is 16.4. The van der Waals surface area contributed by atoms with E-state index in [-0.39, 0.29) is 12.5 Å². The highest BCUT2D eigenvalue weighted by Gasteiger charge is 2.10. The van der Waals surface area contributed by atoms with E-state index in [1.165, 1.54) is 11.3 Å². The van der Waals surface area contributed by atoms with Gasteiger partial charge in [0.15, 0.2) is 11.7 Å². The van der Waals surface area contributed by atoms with E-state index in [1.54, 1.807) is 6.07 Å². The van der Waals surface area contributed by atoms with Gasteiger partial charge in [0.1, 0.15) is 5.75 Å². The lowest BCUT2D eigenvalue weighted by Gasteiger charge is -2.10. The number of carbonyl (C=O) groups excluding carboxylic acids is 1. The van der Waals surface area contributed by atoms with E-state index in [2.05, 4.69) is 26.2 Å². The number of thiazole rings is 1. The molecule has 0 aliphatic rings. The molecule has 5 nitrogen and oxygen atoms in total. The first-order chi connectivity index (χ1) is 11.4. The number of hydrogen-bond donors (Lipinski definition) is 2. The number of carbonyl (C=O) groups is 1. The number of halogens is 1. The third kappa shape index (κ3) is 3.68. The summed E-state index contributed by atoms with van der Waals surface area (Å²) in [5.74, 6) is 0.487. The Morgan fingerprint density at radius 2 is 2.12 bits per heavy atom. The van der Waals surface area contributed by atoms with E-state index < -0.39 is 0 Å². The van der Waals surface area contributed by atoms with Crippen LogP contribution in [0.2, 0.25) is 0 Å². The molecule has 7 heteroatoms. The number of nitrogen functional groups attached to an aromatic ring is 1. The Balaban J connectivity index is 1.68. The van der Waals surface area contributed by atoms with Gasteiger partial charge < -0.3 is 15.8 Å². The summed E-state index contributed by atoms with van der Waals surface area (Å²) in [5, 5.41) is 3.32. The van der Waals surface area contributed by atoms with Crippen LogP contribution in [0, 0.1) is 13.8 Å². The molecule has 0 aliphatic carbocycles. The van der Waals surface area contributed by atoms with E-state index in [1.807, 2.05) is 38.1 Å². The summed E-state index contributed by atoms with van der Waals surface area (Å²) < 4.78 is 7.29. The SMILES string of the molecule is Cc1ccc(OCC(=O)Nc2cc(Br)c3nc(N)sc3c2)c(C)c1. The second kappa shape index (κ2) is 6.78. The van der Waals surface area contributed by atoms with Crippen LogP contribution in [-0.2, 0) is 4.79 Å². The summed E-state index contributed by atoms with van der Waals surface area (Å²) in [6, 6.07) is 9.51. The Kier molecular flexibility index (Phi) is 4.73. The summed E-state index contributed by atoms with van der Waals surface area (Å²) in [5.41, 5.74) is 9.36. The highest BCUT2D eigenvalue weighted by molar-refractivity contribution is 9.10. The third-order valence-electron chi connectivity index (χ3n) is 3.44. The molecule has 0 saturated heterocycles. The van der Waals surface area contributed by atoms with E-state index in [4.69, 9.17) is 10.5 Å². The number of nitrogens with zero attached hydrogens (tertiary/aromatic N) is 1. The molecule has 0 bridgehead atoms. The monoisotopic (exact) mass is 405 g/mol. The minimum atomic E-state index is -0.223. The average molecular weight is 406 g/mol. The van der Waals surface area contributed by atoms with Crippen molar-refractivity contribution in [1.29, 1.82) is 0 Å². The van der Waals surface area contributed by atoms with Crippen molar-refractivity contribution in [2.75, 3.05) is 17.7 Å². The van der Waals surface area contributed by atoms with Gasteiger partial charge in [-0.25, -0.2) is 4.98 Å². The van der Waals surface area contributed by atoms with Gasteiger partial charge in [-0.15, -0.1) is 0 Å². The van der Waals surface area contributed by atoms with Crippen molar-refractivity contribution in [2.24, 2.45) is 0 Å². The Bertz CT molecular complexity index is 924. The first-order valence-corrected chi connectivity index (χ1v) is 8.89. The Labute approximate surface area is 152 Å². The Morgan fingerprint density at radius 3 is 2.88 bits per heavy atom. The molecule has 124 valence electrons. The van der Waals surface area contributed by atoms with Crippen LogP contribution in [0.4, 0.5) is 10.8 Å². The first-order valence-electron chi connectivity index (χ1n) is 7.28. The van der Waals surface area contributed by atoms with Crippen molar-refractivity contribution < 1.29 is 9.53 Å². The zero-order chi connectivity index (χ0) is 17.3. The molecule has 0 unspecified atom stereocenters. The van der Waals surface area contributed by atoms with Gasteiger partial charge in [-0.2, -0.15) is 0 Å². The maximum Gasteiger partial charge on any atom is 0.262 e. The number of rotatable bonds is 4. The highest BCUT2D eigenvalue weighted by Crippen LogP contribution is 2.32. The number of ether oxygens (including phenoxy) is 1. The van der Waals surface area contributed by atoms with Gasteiger partial charge in [0.2, 0.25) is 0 Å². The van der Waals surface area contributed by atoms with Crippen molar-refractivity contribution in [2.45, 2.75) is 13.8 Å². The molecule has 3 rings (SSSR count). The van der Waals surface area contributed by atoms with Crippen LogP contribution in [-0.4, -0.2) is 17.5 Å². The van der Waals surface area contributed by atoms with Crippen LogP contribution in [0.1, 0.15) is 11.1 Å². The quantitative estimate of drug-likeness (QED) is 0.678. The van der Waals surface area contributed by atoms with E-state index >= 15 is 0 Å². The summed E-state index contributed by atoms with van der Waals surface area (Å²) >= 11 is 4.82. The van der Waals surface area contributed by atoms with Gasteiger partial charge in [-0.1, -0.05) is 29.0 Å². The van der Waals surface area contributed by atoms with Crippen LogP contribution in [0.25, 0.3) is 10.2 Å². The summed E-state index contributed by atoms with van der Waals surface area (Å²) in [7, 11) is 0. The molecular weight excluding hydrogens is 390 g/mol. The topological polar surface area (TPSA) is 77.2 Å². The molecule has 24 heavy (non-hydrogen) atoms. The number of anilines is 2. The molecule has 3 N–H and O–H groups in total. The lowest BCUT2D eigenvalue weighted by atomic mass is 10.1. The fourth-order valence-electron chi connectivity index (χ4n) is 2.38. The molecule has 0 fully saturated rings. The van der Waals surface area contributed by atoms with Crippen molar-refractivity contribution in [3.8, 4) is 5.75 Å². The molecule has 1 aromatic heterocycles. The molecule has 3 aromatic rings. The molecule has 2 aromatic carbocycles. The number of nitrogens with one attached hydrogen (secondary N) is 1. The van der Waals surface area contributed by atoms with E-state index in [9.17, 15) is 4.79 Å². The smallest absolute Gasteiger partial charge is 0.262 e. The second-order valence-corrected chi connectivity index (χ2v) is 7.38. The molecule has 0 spiro atoms. The largest absolute Gasteiger partial charge is 0.483 e. The van der Waals surface area contributed by atoms with Gasteiger partial charge in [-0.3, -0.25) is 4.79 Å². The van der Waals surface area contributed by atoms with Crippen molar-refractivity contribution >= 4 is 54.2 Å². The Hall–Kier alpha value is -2.12. The molecule has 0 saturated carbocycles. The number of amides is 1. The highest BCUT2D eigenvalue weighted by atomic mass is 79.9. The van der Waals surface area contributed by atoms with Gasteiger partial charge >= 0.3 is 0 Å². The molecule has 0 radical (unpaired) electrons. The van der Waals surface area contributed by atoms with E-state index in [0.29, 0.717) is 16.6 Å². The predicted molar refractivity (Wildman–Crippen MR) is 102 cm³/mol. The van der Waals surface area contributed by atoms with Gasteiger partial charge in [0, 0.05) is 10.2 Å². The van der Waals surface area contributed by atoms with Crippen molar-refractivity contribution in [1.82, 2.24) is 4.98 Å². The molecule has 1 amide bonds.